The molecule has 10 aromatic carbocycles. The van der Waals surface area contributed by atoms with Gasteiger partial charge in [-0.05, 0) is 116 Å². The minimum Gasteiger partial charge on any atom is -0.455 e. The van der Waals surface area contributed by atoms with Crippen LogP contribution in [-0.2, 0) is 0 Å². The van der Waals surface area contributed by atoms with Gasteiger partial charge in [-0.2, -0.15) is 0 Å². The summed E-state index contributed by atoms with van der Waals surface area (Å²) >= 11 is 0. The smallest absolute Gasteiger partial charge is 0.143 e. The number of furan rings is 2. The van der Waals surface area contributed by atoms with Gasteiger partial charge in [0.05, 0.1) is 0 Å². The lowest BCUT2D eigenvalue weighted by molar-refractivity contribution is 0.635. The third-order valence-corrected chi connectivity index (χ3v) is 11.9. The van der Waals surface area contributed by atoms with Crippen molar-refractivity contribution in [2.45, 2.75) is 0 Å². The second-order valence-corrected chi connectivity index (χ2v) is 15.2. The molecule has 0 aliphatic carbocycles. The molecule has 0 saturated heterocycles. The van der Waals surface area contributed by atoms with Crippen LogP contribution in [0.3, 0.4) is 0 Å². The first-order valence-electron chi connectivity index (χ1n) is 20.1. The highest BCUT2D eigenvalue weighted by Crippen LogP contribution is 2.43. The SMILES string of the molecule is c1ccc(-c2ccc(N(c3ccc(-c4cc5c6ccccc6c6ccccc6c5o4)cc3)c3ccc(-c4cc5c6ccccc6c6ccccc6c5o4)cc3)cc2)cc1. The van der Waals surface area contributed by atoms with Crippen LogP contribution in [-0.4, -0.2) is 0 Å². The molecule has 2 heterocycles. The van der Waals surface area contributed by atoms with Crippen LogP contribution in [0.5, 0.6) is 0 Å². The predicted molar refractivity (Wildman–Crippen MR) is 247 cm³/mol. The van der Waals surface area contributed by atoms with Crippen molar-refractivity contribution in [2.24, 2.45) is 0 Å². The molecule has 0 aliphatic rings. The summed E-state index contributed by atoms with van der Waals surface area (Å²) in [6, 6.07) is 75.4. The summed E-state index contributed by atoms with van der Waals surface area (Å²) in [5, 5.41) is 11.8. The van der Waals surface area contributed by atoms with Crippen molar-refractivity contribution in [2.75, 3.05) is 4.90 Å². The molecule has 0 bridgehead atoms. The largest absolute Gasteiger partial charge is 0.455 e. The Labute approximate surface area is 340 Å². The van der Waals surface area contributed by atoms with Crippen LogP contribution in [0.1, 0.15) is 0 Å². The number of anilines is 3. The Balaban J connectivity index is 0.948. The Kier molecular flexibility index (Phi) is 7.54. The molecule has 0 N–H and O–H groups in total. The highest BCUT2D eigenvalue weighted by atomic mass is 16.3. The van der Waals surface area contributed by atoms with E-state index in [1.54, 1.807) is 0 Å². The molecule has 0 aliphatic heterocycles. The van der Waals surface area contributed by atoms with E-state index in [9.17, 15) is 0 Å². The average Bonchev–Trinajstić information content (AvgIpc) is 3.98. The number of hydrogen-bond donors (Lipinski definition) is 0. The normalized spacial score (nSPS) is 11.7. The maximum atomic E-state index is 6.70. The second kappa shape index (κ2) is 13.4. The van der Waals surface area contributed by atoms with Crippen LogP contribution >= 0.6 is 0 Å². The van der Waals surface area contributed by atoms with Crippen molar-refractivity contribution in [3.05, 3.63) is 212 Å². The van der Waals surface area contributed by atoms with Gasteiger partial charge < -0.3 is 13.7 Å². The zero-order valence-corrected chi connectivity index (χ0v) is 32.0. The van der Waals surface area contributed by atoms with E-state index in [1.165, 1.54) is 43.4 Å². The van der Waals surface area contributed by atoms with Gasteiger partial charge in [0.2, 0.25) is 0 Å². The Hall–Kier alpha value is -7.88. The molecule has 0 spiro atoms. The minimum absolute atomic E-state index is 0.850. The average molecular weight is 754 g/mol. The number of fused-ring (bicyclic) bond motifs is 12. The standard InChI is InChI=1S/C56H35NO2/c1-2-12-36(13-3-1)37-22-28-40(29-23-37)57(41-30-24-38(25-31-41)53-34-51-47-18-6-4-14-43(47)45-16-8-10-20-49(45)55(51)58-53)42-32-26-39(27-33-42)54-35-52-48-19-7-5-15-44(48)46-17-9-11-21-50(46)56(52)59-54/h1-35H. The lowest BCUT2D eigenvalue weighted by Gasteiger charge is -2.26. The van der Waals surface area contributed by atoms with Gasteiger partial charge in [0.25, 0.3) is 0 Å². The lowest BCUT2D eigenvalue weighted by Crippen LogP contribution is -2.09. The van der Waals surface area contributed by atoms with Crippen LogP contribution in [0.2, 0.25) is 0 Å². The quantitative estimate of drug-likeness (QED) is 0.158. The fourth-order valence-corrected chi connectivity index (χ4v) is 9.03. The summed E-state index contributed by atoms with van der Waals surface area (Å²) in [7, 11) is 0. The van der Waals surface area contributed by atoms with E-state index >= 15 is 0 Å². The summed E-state index contributed by atoms with van der Waals surface area (Å²) in [4.78, 5) is 2.31. The zero-order chi connectivity index (χ0) is 38.9. The molecule has 0 amide bonds. The molecule has 0 atom stereocenters. The number of nitrogens with zero attached hydrogens (tertiary/aromatic N) is 1. The van der Waals surface area contributed by atoms with E-state index in [0.29, 0.717) is 0 Å². The Bertz CT molecular complexity index is 3180. The van der Waals surface area contributed by atoms with Gasteiger partial charge >= 0.3 is 0 Å². The number of hydrogen-bond acceptors (Lipinski definition) is 3. The molecule has 12 aromatic rings. The number of rotatable bonds is 6. The molecular formula is C56H35NO2. The second-order valence-electron chi connectivity index (χ2n) is 15.2. The summed E-state index contributed by atoms with van der Waals surface area (Å²) in [5.41, 5.74) is 9.41. The highest BCUT2D eigenvalue weighted by molar-refractivity contribution is 6.25. The van der Waals surface area contributed by atoms with Crippen molar-refractivity contribution in [3.63, 3.8) is 0 Å². The van der Waals surface area contributed by atoms with Crippen molar-refractivity contribution in [3.8, 4) is 33.8 Å². The molecule has 0 unspecified atom stereocenters. The summed E-state index contributed by atoms with van der Waals surface area (Å²) < 4.78 is 13.4. The Morgan fingerprint density at radius 3 is 0.915 bits per heavy atom. The molecular weight excluding hydrogens is 719 g/mol. The van der Waals surface area contributed by atoms with E-state index in [2.05, 4.69) is 217 Å². The lowest BCUT2D eigenvalue weighted by atomic mass is 9.98. The van der Waals surface area contributed by atoms with Crippen LogP contribution in [0.25, 0.3) is 98.8 Å². The van der Waals surface area contributed by atoms with E-state index in [-0.39, 0.29) is 0 Å². The van der Waals surface area contributed by atoms with E-state index in [0.717, 1.165) is 72.4 Å². The highest BCUT2D eigenvalue weighted by Gasteiger charge is 2.19. The molecule has 2 aromatic heterocycles. The van der Waals surface area contributed by atoms with Crippen molar-refractivity contribution in [1.82, 2.24) is 0 Å². The van der Waals surface area contributed by atoms with Crippen LogP contribution in [0, 0.1) is 0 Å². The van der Waals surface area contributed by atoms with Crippen molar-refractivity contribution >= 4 is 82.1 Å². The molecule has 0 saturated carbocycles. The maximum Gasteiger partial charge on any atom is 0.143 e. The fourth-order valence-electron chi connectivity index (χ4n) is 9.03. The monoisotopic (exact) mass is 753 g/mol. The summed E-state index contributed by atoms with van der Waals surface area (Å²) in [5.74, 6) is 1.70. The first kappa shape index (κ1) is 33.3. The van der Waals surface area contributed by atoms with Crippen molar-refractivity contribution in [1.29, 1.82) is 0 Å². The van der Waals surface area contributed by atoms with Crippen molar-refractivity contribution < 1.29 is 8.83 Å². The van der Waals surface area contributed by atoms with Crippen LogP contribution in [0.15, 0.2) is 221 Å². The molecule has 12 rings (SSSR count). The molecule has 3 nitrogen and oxygen atoms in total. The molecule has 0 fully saturated rings. The van der Waals surface area contributed by atoms with Gasteiger partial charge in [0, 0.05) is 49.7 Å². The minimum atomic E-state index is 0.850. The van der Waals surface area contributed by atoms with Crippen LogP contribution in [0.4, 0.5) is 17.1 Å². The predicted octanol–water partition coefficient (Wildman–Crippen LogP) is 16.3. The maximum absolute atomic E-state index is 6.70. The van der Waals surface area contributed by atoms with E-state index in [4.69, 9.17) is 8.83 Å². The van der Waals surface area contributed by atoms with Gasteiger partial charge in [-0.1, -0.05) is 140 Å². The van der Waals surface area contributed by atoms with Gasteiger partial charge in [-0.15, -0.1) is 0 Å². The van der Waals surface area contributed by atoms with E-state index < -0.39 is 0 Å². The molecule has 0 radical (unpaired) electrons. The first-order valence-corrected chi connectivity index (χ1v) is 20.1. The van der Waals surface area contributed by atoms with Gasteiger partial charge in [0.15, 0.2) is 0 Å². The topological polar surface area (TPSA) is 29.5 Å². The van der Waals surface area contributed by atoms with E-state index in [1.807, 2.05) is 0 Å². The van der Waals surface area contributed by atoms with Gasteiger partial charge in [-0.25, -0.2) is 0 Å². The first-order chi connectivity index (χ1) is 29.2. The third-order valence-electron chi connectivity index (χ3n) is 11.9. The van der Waals surface area contributed by atoms with Gasteiger partial charge in [0.1, 0.15) is 22.7 Å². The number of benzene rings is 10. The molecule has 276 valence electrons. The molecule has 3 heteroatoms. The Morgan fingerprint density at radius 1 is 0.237 bits per heavy atom. The summed E-state index contributed by atoms with van der Waals surface area (Å²) in [6.45, 7) is 0. The van der Waals surface area contributed by atoms with Crippen LogP contribution < -0.4 is 4.90 Å². The third kappa shape index (κ3) is 5.44. The fraction of sp³-hybridized carbons (Fsp3) is 0. The summed E-state index contributed by atoms with van der Waals surface area (Å²) in [6.07, 6.45) is 0. The van der Waals surface area contributed by atoms with Gasteiger partial charge in [-0.3, -0.25) is 0 Å². The zero-order valence-electron chi connectivity index (χ0n) is 32.0. The Morgan fingerprint density at radius 2 is 0.525 bits per heavy atom. The molecule has 59 heavy (non-hydrogen) atoms.